The predicted octanol–water partition coefficient (Wildman–Crippen LogP) is 3.26. The Hall–Kier alpha value is -1.22. The van der Waals surface area contributed by atoms with Gasteiger partial charge in [0.1, 0.15) is 9.77 Å². The fourth-order valence-corrected chi connectivity index (χ4v) is 6.45. The van der Waals surface area contributed by atoms with E-state index in [1.165, 1.54) is 15.6 Å². The number of hydrogen-bond donors (Lipinski definition) is 0. The van der Waals surface area contributed by atoms with E-state index in [1.807, 2.05) is 17.5 Å². The smallest absolute Gasteiger partial charge is 0.265 e. The highest BCUT2D eigenvalue weighted by Gasteiger charge is 2.31. The molecule has 8 heteroatoms. The fourth-order valence-electron chi connectivity index (χ4n) is 2.78. The van der Waals surface area contributed by atoms with Crippen LogP contribution in [0.15, 0.2) is 33.9 Å². The summed E-state index contributed by atoms with van der Waals surface area (Å²) in [6.45, 7) is 1.56. The van der Waals surface area contributed by atoms with Crippen molar-refractivity contribution in [2.75, 3.05) is 20.1 Å². The summed E-state index contributed by atoms with van der Waals surface area (Å²) in [5, 5.41) is 3.65. The minimum atomic E-state index is -3.59. The van der Waals surface area contributed by atoms with Gasteiger partial charge in [0.15, 0.2) is 0 Å². The third kappa shape index (κ3) is 3.56. The second-order valence-electron chi connectivity index (χ2n) is 5.82. The quantitative estimate of drug-likeness (QED) is 0.795. The zero-order valence-electron chi connectivity index (χ0n) is 13.5. The van der Waals surface area contributed by atoms with Crippen LogP contribution in [0.2, 0.25) is 0 Å². The number of rotatable bonds is 5. The molecule has 1 saturated heterocycles. The molecule has 3 heterocycles. The lowest BCUT2D eigenvalue weighted by atomic mass is 10.2. The molecule has 3 rings (SSSR count). The molecule has 0 aliphatic carbocycles. The van der Waals surface area contributed by atoms with Crippen molar-refractivity contribution in [1.82, 2.24) is 9.21 Å². The summed E-state index contributed by atoms with van der Waals surface area (Å²) in [7, 11) is -1.88. The summed E-state index contributed by atoms with van der Waals surface area (Å²) in [5.41, 5.74) is 0. The third-order valence-corrected chi connectivity index (χ3v) is 7.91. The summed E-state index contributed by atoms with van der Waals surface area (Å²) in [4.78, 5) is 15.8. The molecule has 0 aromatic carbocycles. The first kappa shape index (κ1) is 17.6. The second-order valence-corrected chi connectivity index (χ2v) is 9.67. The number of hydrogen-bond acceptors (Lipinski definition) is 5. The van der Waals surface area contributed by atoms with Gasteiger partial charge in [0.05, 0.1) is 6.54 Å². The topological polar surface area (TPSA) is 57.7 Å². The summed E-state index contributed by atoms with van der Waals surface area (Å²) in [6, 6.07) is 5.46. The van der Waals surface area contributed by atoms with E-state index in [4.69, 9.17) is 0 Å². The van der Waals surface area contributed by atoms with E-state index in [2.05, 4.69) is 0 Å². The van der Waals surface area contributed by atoms with E-state index in [9.17, 15) is 13.2 Å². The molecule has 130 valence electrons. The van der Waals surface area contributed by atoms with Gasteiger partial charge in [0.2, 0.25) is 10.0 Å². The van der Waals surface area contributed by atoms with Crippen molar-refractivity contribution >= 4 is 38.6 Å². The number of sulfonamides is 1. The number of amides is 1. The summed E-state index contributed by atoms with van der Waals surface area (Å²) in [5.74, 6) is -0.242. The molecule has 1 fully saturated rings. The molecule has 2 aromatic rings. The lowest BCUT2D eigenvalue weighted by Gasteiger charge is -2.26. The van der Waals surface area contributed by atoms with E-state index in [0.29, 0.717) is 24.5 Å². The Bertz CT molecular complexity index is 790. The minimum absolute atomic E-state index is 0.150. The summed E-state index contributed by atoms with van der Waals surface area (Å²) >= 11 is 2.78. The number of piperidine rings is 1. The molecular weight excluding hydrogens is 364 g/mol. The van der Waals surface area contributed by atoms with Crippen LogP contribution in [-0.4, -0.2) is 43.7 Å². The molecule has 0 N–H and O–H groups in total. The Balaban J connectivity index is 1.82. The first-order chi connectivity index (χ1) is 11.5. The monoisotopic (exact) mass is 384 g/mol. The molecule has 0 saturated carbocycles. The molecule has 1 amide bonds. The van der Waals surface area contributed by atoms with Gasteiger partial charge in [-0.1, -0.05) is 12.5 Å². The first-order valence-electron chi connectivity index (χ1n) is 7.85. The van der Waals surface area contributed by atoms with Crippen molar-refractivity contribution in [1.29, 1.82) is 0 Å². The Kier molecular flexibility index (Phi) is 5.39. The number of thiophene rings is 2. The Morgan fingerprint density at radius 3 is 2.58 bits per heavy atom. The van der Waals surface area contributed by atoms with Crippen molar-refractivity contribution in [3.63, 3.8) is 0 Å². The highest BCUT2D eigenvalue weighted by molar-refractivity contribution is 7.89. The van der Waals surface area contributed by atoms with Gasteiger partial charge in [0.25, 0.3) is 5.91 Å². The van der Waals surface area contributed by atoms with Crippen LogP contribution in [0.3, 0.4) is 0 Å². The van der Waals surface area contributed by atoms with Crippen molar-refractivity contribution in [3.05, 3.63) is 38.7 Å². The lowest BCUT2D eigenvalue weighted by molar-refractivity contribution is 0.0787. The summed E-state index contributed by atoms with van der Waals surface area (Å²) in [6.07, 6.45) is 2.82. The molecule has 5 nitrogen and oxygen atoms in total. The van der Waals surface area contributed by atoms with Gasteiger partial charge >= 0.3 is 0 Å². The zero-order chi connectivity index (χ0) is 17.2. The van der Waals surface area contributed by atoms with Crippen LogP contribution in [-0.2, 0) is 16.6 Å². The van der Waals surface area contributed by atoms with Crippen LogP contribution in [0, 0.1) is 0 Å². The molecule has 1 aliphatic rings. The van der Waals surface area contributed by atoms with Gasteiger partial charge in [-0.05, 0) is 35.7 Å². The van der Waals surface area contributed by atoms with Crippen LogP contribution in [0.1, 0.15) is 33.8 Å². The maximum atomic E-state index is 12.9. The van der Waals surface area contributed by atoms with Crippen LogP contribution in [0.4, 0.5) is 0 Å². The van der Waals surface area contributed by atoms with Crippen LogP contribution >= 0.6 is 22.7 Å². The molecule has 0 spiro atoms. The Labute approximate surface area is 150 Å². The number of carbonyl (C=O) groups excluding carboxylic acids is 1. The molecule has 1 aliphatic heterocycles. The molecule has 0 unspecified atom stereocenters. The average Bonchev–Trinajstić information content (AvgIpc) is 3.26. The molecule has 24 heavy (non-hydrogen) atoms. The van der Waals surface area contributed by atoms with Gasteiger partial charge in [-0.25, -0.2) is 8.42 Å². The van der Waals surface area contributed by atoms with Crippen molar-refractivity contribution in [2.45, 2.75) is 30.7 Å². The largest absolute Gasteiger partial charge is 0.336 e. The highest BCUT2D eigenvalue weighted by atomic mass is 32.2. The molecule has 0 radical (unpaired) electrons. The second kappa shape index (κ2) is 7.35. The standard InChI is InChI=1S/C16H20N2O3S3/c1-17(12-13-6-5-10-22-13)16(19)15-14(7-11-23-15)24(20,21)18-8-3-2-4-9-18/h5-7,10-11H,2-4,8-9,12H2,1H3. The van der Waals surface area contributed by atoms with Crippen LogP contribution in [0.5, 0.6) is 0 Å². The number of nitrogens with zero attached hydrogens (tertiary/aromatic N) is 2. The highest BCUT2D eigenvalue weighted by Crippen LogP contribution is 2.28. The van der Waals surface area contributed by atoms with Crippen molar-refractivity contribution < 1.29 is 13.2 Å². The molecular formula is C16H20N2O3S3. The predicted molar refractivity (Wildman–Crippen MR) is 97.0 cm³/mol. The van der Waals surface area contributed by atoms with Gasteiger partial charge in [-0.3, -0.25) is 4.79 Å². The van der Waals surface area contributed by atoms with E-state index in [0.717, 1.165) is 24.1 Å². The van der Waals surface area contributed by atoms with Gasteiger partial charge in [-0.15, -0.1) is 22.7 Å². The maximum Gasteiger partial charge on any atom is 0.265 e. The van der Waals surface area contributed by atoms with E-state index >= 15 is 0 Å². The van der Waals surface area contributed by atoms with E-state index < -0.39 is 10.0 Å². The maximum absolute atomic E-state index is 12.9. The summed E-state index contributed by atoms with van der Waals surface area (Å²) < 4.78 is 27.3. The SMILES string of the molecule is CN(Cc1cccs1)C(=O)c1sccc1S(=O)(=O)N1CCCCC1. The average molecular weight is 385 g/mol. The minimum Gasteiger partial charge on any atom is -0.336 e. The van der Waals surface area contributed by atoms with Crippen molar-refractivity contribution in [2.24, 2.45) is 0 Å². The van der Waals surface area contributed by atoms with Gasteiger partial charge < -0.3 is 4.90 Å². The van der Waals surface area contributed by atoms with Crippen LogP contribution < -0.4 is 0 Å². The first-order valence-corrected chi connectivity index (χ1v) is 11.1. The normalized spacial score (nSPS) is 16.2. The Morgan fingerprint density at radius 2 is 1.92 bits per heavy atom. The van der Waals surface area contributed by atoms with E-state index in [-0.39, 0.29) is 10.8 Å². The fraction of sp³-hybridized carbons (Fsp3) is 0.438. The van der Waals surface area contributed by atoms with Crippen molar-refractivity contribution in [3.8, 4) is 0 Å². The number of carbonyl (C=O) groups is 1. The van der Waals surface area contributed by atoms with Gasteiger partial charge in [-0.2, -0.15) is 4.31 Å². The molecule has 2 aromatic heterocycles. The zero-order valence-corrected chi connectivity index (χ0v) is 15.9. The van der Waals surface area contributed by atoms with E-state index in [1.54, 1.807) is 34.7 Å². The Morgan fingerprint density at radius 1 is 1.17 bits per heavy atom. The molecule has 0 bridgehead atoms. The third-order valence-electron chi connectivity index (χ3n) is 4.08. The molecule has 0 atom stereocenters. The lowest BCUT2D eigenvalue weighted by Crippen LogP contribution is -2.36. The van der Waals surface area contributed by atoms with Crippen LogP contribution in [0.25, 0.3) is 0 Å². The van der Waals surface area contributed by atoms with Gasteiger partial charge in [0, 0.05) is 25.0 Å².